The Morgan fingerprint density at radius 3 is 2.65 bits per heavy atom. The topological polar surface area (TPSA) is 69.6 Å². The largest absolute Gasteiger partial charge is 0.440 e. The van der Waals surface area contributed by atoms with Crippen molar-refractivity contribution < 1.29 is 8.81 Å². The van der Waals surface area contributed by atoms with Crippen LogP contribution in [0.15, 0.2) is 40.0 Å². The number of aromatic nitrogens is 5. The number of oxazole rings is 1. The highest BCUT2D eigenvalue weighted by atomic mass is 32.2. The van der Waals surface area contributed by atoms with E-state index < -0.39 is 0 Å². The first-order chi connectivity index (χ1) is 10.9. The summed E-state index contributed by atoms with van der Waals surface area (Å²) in [6.07, 6.45) is 1.63. The fourth-order valence-electron chi connectivity index (χ4n) is 1.94. The molecular formula is C15H16FN5OS. The molecule has 3 aromatic rings. The van der Waals surface area contributed by atoms with E-state index in [1.807, 2.05) is 20.8 Å². The first-order valence-corrected chi connectivity index (χ1v) is 8.04. The van der Waals surface area contributed by atoms with Gasteiger partial charge in [0.05, 0.1) is 17.5 Å². The summed E-state index contributed by atoms with van der Waals surface area (Å²) in [4.78, 5) is 4.25. The molecule has 2 aromatic heterocycles. The second kappa shape index (κ2) is 6.11. The van der Waals surface area contributed by atoms with Crippen LogP contribution >= 0.6 is 11.8 Å². The first-order valence-electron chi connectivity index (χ1n) is 7.06. The number of benzene rings is 1. The molecule has 0 radical (unpaired) electrons. The Hall–Kier alpha value is -2.22. The molecule has 0 saturated carbocycles. The van der Waals surface area contributed by atoms with Crippen LogP contribution in [0.25, 0.3) is 11.3 Å². The summed E-state index contributed by atoms with van der Waals surface area (Å²) in [6.45, 7) is 6.10. The van der Waals surface area contributed by atoms with Crippen LogP contribution in [-0.2, 0) is 11.3 Å². The molecule has 120 valence electrons. The number of halogens is 1. The third kappa shape index (κ3) is 3.58. The predicted molar refractivity (Wildman–Crippen MR) is 84.3 cm³/mol. The van der Waals surface area contributed by atoms with Crippen molar-refractivity contribution >= 4 is 11.8 Å². The lowest BCUT2D eigenvalue weighted by Gasteiger charge is -2.19. The van der Waals surface area contributed by atoms with Crippen molar-refractivity contribution in [3.05, 3.63) is 42.2 Å². The van der Waals surface area contributed by atoms with Crippen molar-refractivity contribution in [2.24, 2.45) is 0 Å². The van der Waals surface area contributed by atoms with E-state index >= 15 is 0 Å². The van der Waals surface area contributed by atoms with Crippen molar-refractivity contribution in [1.29, 1.82) is 0 Å². The van der Waals surface area contributed by atoms with Gasteiger partial charge < -0.3 is 4.42 Å². The first kappa shape index (κ1) is 15.7. The van der Waals surface area contributed by atoms with Crippen LogP contribution in [-0.4, -0.2) is 25.2 Å². The Morgan fingerprint density at radius 2 is 1.96 bits per heavy atom. The minimum Gasteiger partial charge on any atom is -0.440 e. The van der Waals surface area contributed by atoms with Crippen LogP contribution in [0.3, 0.4) is 0 Å². The molecule has 0 aliphatic rings. The van der Waals surface area contributed by atoms with Crippen molar-refractivity contribution in [1.82, 2.24) is 25.2 Å². The molecule has 23 heavy (non-hydrogen) atoms. The van der Waals surface area contributed by atoms with E-state index in [1.165, 1.54) is 23.9 Å². The summed E-state index contributed by atoms with van der Waals surface area (Å²) in [6, 6.07) is 6.10. The molecule has 0 N–H and O–H groups in total. The average Bonchev–Trinajstić information content (AvgIpc) is 3.14. The highest BCUT2D eigenvalue weighted by molar-refractivity contribution is 7.98. The summed E-state index contributed by atoms with van der Waals surface area (Å²) < 4.78 is 20.4. The number of nitrogens with zero attached hydrogens (tertiary/aromatic N) is 5. The molecule has 0 aliphatic carbocycles. The smallest absolute Gasteiger partial charge is 0.210 e. The standard InChI is InChI=1S/C15H16FN5OS/c1-15(2,3)21-14(18-19-20-21)23-9-13-17-8-12(22-13)10-4-6-11(16)7-5-10/h4-8H,9H2,1-3H3. The van der Waals surface area contributed by atoms with E-state index in [2.05, 4.69) is 20.5 Å². The van der Waals surface area contributed by atoms with Gasteiger partial charge in [-0.05, 0) is 55.5 Å². The molecule has 3 rings (SSSR count). The quantitative estimate of drug-likeness (QED) is 0.681. The van der Waals surface area contributed by atoms with Crippen molar-refractivity contribution in [3.63, 3.8) is 0 Å². The minimum atomic E-state index is -0.280. The van der Waals surface area contributed by atoms with E-state index in [0.29, 0.717) is 22.6 Å². The third-order valence-corrected chi connectivity index (χ3v) is 3.99. The van der Waals surface area contributed by atoms with Crippen LogP contribution in [0.4, 0.5) is 4.39 Å². The molecular weight excluding hydrogens is 317 g/mol. The van der Waals surface area contributed by atoms with E-state index in [4.69, 9.17) is 4.42 Å². The van der Waals surface area contributed by atoms with Crippen LogP contribution < -0.4 is 0 Å². The average molecular weight is 333 g/mol. The maximum atomic E-state index is 12.9. The molecule has 1 aromatic carbocycles. The van der Waals surface area contributed by atoms with Crippen LogP contribution in [0, 0.1) is 5.82 Å². The molecule has 0 bridgehead atoms. The van der Waals surface area contributed by atoms with E-state index in [0.717, 1.165) is 5.56 Å². The maximum absolute atomic E-state index is 12.9. The summed E-state index contributed by atoms with van der Waals surface area (Å²) in [5.41, 5.74) is 0.594. The number of rotatable bonds is 4. The van der Waals surface area contributed by atoms with Gasteiger partial charge in [-0.1, -0.05) is 11.8 Å². The van der Waals surface area contributed by atoms with E-state index in [9.17, 15) is 4.39 Å². The molecule has 0 aliphatic heterocycles. The summed E-state index contributed by atoms with van der Waals surface area (Å²) in [5, 5.41) is 12.5. The van der Waals surface area contributed by atoms with Crippen LogP contribution in [0.2, 0.25) is 0 Å². The predicted octanol–water partition coefficient (Wildman–Crippen LogP) is 3.51. The molecule has 0 unspecified atom stereocenters. The van der Waals surface area contributed by atoms with Crippen molar-refractivity contribution in [2.75, 3.05) is 0 Å². The summed E-state index contributed by atoms with van der Waals surface area (Å²) >= 11 is 1.46. The van der Waals surface area contributed by atoms with Gasteiger partial charge in [0.25, 0.3) is 0 Å². The van der Waals surface area contributed by atoms with Crippen molar-refractivity contribution in [2.45, 2.75) is 37.2 Å². The Labute approximate surface area is 137 Å². The van der Waals surface area contributed by atoms with Gasteiger partial charge in [-0.3, -0.25) is 0 Å². The van der Waals surface area contributed by atoms with Gasteiger partial charge in [0.1, 0.15) is 5.82 Å². The highest BCUT2D eigenvalue weighted by Gasteiger charge is 2.20. The van der Waals surface area contributed by atoms with Gasteiger partial charge in [-0.2, -0.15) is 0 Å². The van der Waals surface area contributed by atoms with Gasteiger partial charge in [0.15, 0.2) is 5.76 Å². The summed E-state index contributed by atoms with van der Waals surface area (Å²) in [7, 11) is 0. The lowest BCUT2D eigenvalue weighted by molar-refractivity contribution is 0.321. The normalized spacial score (nSPS) is 11.8. The molecule has 0 amide bonds. The van der Waals surface area contributed by atoms with E-state index in [-0.39, 0.29) is 11.4 Å². The Kier molecular flexibility index (Phi) is 4.16. The van der Waals surface area contributed by atoms with Gasteiger partial charge in [-0.25, -0.2) is 14.1 Å². The Morgan fingerprint density at radius 1 is 1.22 bits per heavy atom. The van der Waals surface area contributed by atoms with Gasteiger partial charge >= 0.3 is 0 Å². The zero-order chi connectivity index (χ0) is 16.4. The van der Waals surface area contributed by atoms with E-state index in [1.54, 1.807) is 23.0 Å². The minimum absolute atomic E-state index is 0.193. The number of tetrazole rings is 1. The monoisotopic (exact) mass is 333 g/mol. The molecule has 6 nitrogen and oxygen atoms in total. The van der Waals surface area contributed by atoms with Gasteiger partial charge in [-0.15, -0.1) is 5.10 Å². The van der Waals surface area contributed by atoms with Crippen LogP contribution in [0.1, 0.15) is 26.7 Å². The number of hydrogen-bond donors (Lipinski definition) is 0. The second-order valence-electron chi connectivity index (χ2n) is 5.96. The van der Waals surface area contributed by atoms with Crippen molar-refractivity contribution in [3.8, 4) is 11.3 Å². The maximum Gasteiger partial charge on any atom is 0.210 e. The van der Waals surface area contributed by atoms with Gasteiger partial charge in [0.2, 0.25) is 11.0 Å². The molecule has 2 heterocycles. The molecule has 0 atom stereocenters. The lowest BCUT2D eigenvalue weighted by Crippen LogP contribution is -2.24. The fourth-order valence-corrected chi connectivity index (χ4v) is 2.85. The molecule has 0 fully saturated rings. The fraction of sp³-hybridized carbons (Fsp3) is 0.333. The molecule has 8 heteroatoms. The lowest BCUT2D eigenvalue weighted by atomic mass is 10.1. The SMILES string of the molecule is CC(C)(C)n1nnnc1SCc1ncc(-c2ccc(F)cc2)o1. The molecule has 0 saturated heterocycles. The van der Waals surface area contributed by atoms with Gasteiger partial charge in [0, 0.05) is 5.56 Å². The van der Waals surface area contributed by atoms with Crippen LogP contribution in [0.5, 0.6) is 0 Å². The second-order valence-corrected chi connectivity index (χ2v) is 6.90. The number of thioether (sulfide) groups is 1. The Bertz CT molecular complexity index is 791. The number of hydrogen-bond acceptors (Lipinski definition) is 6. The molecule has 0 spiro atoms. The Balaban J connectivity index is 1.71. The highest BCUT2D eigenvalue weighted by Crippen LogP contribution is 2.26. The zero-order valence-corrected chi connectivity index (χ0v) is 13.8. The third-order valence-electron chi connectivity index (χ3n) is 3.08. The summed E-state index contributed by atoms with van der Waals surface area (Å²) in [5.74, 6) is 1.41. The zero-order valence-electron chi connectivity index (χ0n) is 13.0.